The van der Waals surface area contributed by atoms with Crippen molar-refractivity contribution < 1.29 is 9.53 Å². The Morgan fingerprint density at radius 2 is 2.18 bits per heavy atom. The van der Waals surface area contributed by atoms with E-state index in [1.165, 1.54) is 6.33 Å². The lowest BCUT2D eigenvalue weighted by Gasteiger charge is -2.12. The maximum atomic E-state index is 12.3. The minimum atomic E-state index is -0.0706. The number of amides is 1. The lowest BCUT2D eigenvalue weighted by Crippen LogP contribution is -2.35. The highest BCUT2D eigenvalue weighted by Gasteiger charge is 2.08. The third kappa shape index (κ3) is 4.14. The average molecular weight is 303 g/mol. The summed E-state index contributed by atoms with van der Waals surface area (Å²) in [5, 5.41) is 3.44. The van der Waals surface area contributed by atoms with Crippen LogP contribution in [0, 0.1) is 0 Å². The molecule has 1 aromatic carbocycles. The topological polar surface area (TPSA) is 73.2 Å². The van der Waals surface area contributed by atoms with E-state index in [2.05, 4.69) is 10.3 Å². The number of rotatable bonds is 7. The number of para-hydroxylation sites is 1. The van der Waals surface area contributed by atoms with Crippen LogP contribution in [0.2, 0.25) is 0 Å². The van der Waals surface area contributed by atoms with Crippen molar-refractivity contribution in [2.45, 2.75) is 32.4 Å². The molecule has 0 aliphatic carbocycles. The summed E-state index contributed by atoms with van der Waals surface area (Å²) in [6.45, 7) is 2.85. The molecule has 118 valence electrons. The molecule has 1 N–H and O–H groups in total. The fourth-order valence-electron chi connectivity index (χ4n) is 2.31. The standard InChI is InChI=1S/C16H21N3O3/c1-12(10-22-2)18-15(20)8-5-9-19-11-17-14-7-4-3-6-13(14)16(19)21/h3-4,6-7,11-12H,5,8-10H2,1-2H3,(H,18,20)/t12-/m0/s1. The van der Waals surface area contributed by atoms with E-state index in [0.717, 1.165) is 0 Å². The molecule has 0 fully saturated rings. The van der Waals surface area contributed by atoms with E-state index in [4.69, 9.17) is 4.74 Å². The minimum Gasteiger partial charge on any atom is -0.383 e. The normalized spacial score (nSPS) is 12.3. The van der Waals surface area contributed by atoms with Crippen molar-refractivity contribution in [3.8, 4) is 0 Å². The molecular formula is C16H21N3O3. The Kier molecular flexibility index (Phi) is 5.66. The van der Waals surface area contributed by atoms with Gasteiger partial charge in [-0.3, -0.25) is 14.2 Å². The SMILES string of the molecule is COC[C@H](C)NC(=O)CCCn1cnc2ccccc2c1=O. The molecule has 6 nitrogen and oxygen atoms in total. The predicted octanol–water partition coefficient (Wildman–Crippen LogP) is 1.33. The summed E-state index contributed by atoms with van der Waals surface area (Å²) in [6, 6.07) is 7.24. The number of carbonyl (C=O) groups is 1. The quantitative estimate of drug-likeness (QED) is 0.837. The first-order valence-electron chi connectivity index (χ1n) is 7.34. The van der Waals surface area contributed by atoms with Gasteiger partial charge in [0.15, 0.2) is 0 Å². The van der Waals surface area contributed by atoms with E-state index < -0.39 is 0 Å². The van der Waals surface area contributed by atoms with Gasteiger partial charge < -0.3 is 10.1 Å². The molecule has 1 atom stereocenters. The van der Waals surface area contributed by atoms with E-state index in [9.17, 15) is 9.59 Å². The van der Waals surface area contributed by atoms with Gasteiger partial charge in [0, 0.05) is 26.1 Å². The first-order chi connectivity index (χ1) is 10.6. The zero-order valence-corrected chi connectivity index (χ0v) is 12.9. The molecule has 0 aliphatic rings. The number of nitrogens with one attached hydrogen (secondary N) is 1. The van der Waals surface area contributed by atoms with Crippen molar-refractivity contribution in [2.24, 2.45) is 0 Å². The van der Waals surface area contributed by atoms with Crippen molar-refractivity contribution in [2.75, 3.05) is 13.7 Å². The summed E-state index contributed by atoms with van der Waals surface area (Å²) >= 11 is 0. The molecular weight excluding hydrogens is 282 g/mol. The van der Waals surface area contributed by atoms with Crippen LogP contribution >= 0.6 is 0 Å². The molecule has 0 spiro atoms. The number of hydrogen-bond acceptors (Lipinski definition) is 4. The van der Waals surface area contributed by atoms with Crippen molar-refractivity contribution in [3.63, 3.8) is 0 Å². The van der Waals surface area contributed by atoms with Gasteiger partial charge >= 0.3 is 0 Å². The van der Waals surface area contributed by atoms with E-state index in [0.29, 0.717) is 36.9 Å². The summed E-state index contributed by atoms with van der Waals surface area (Å²) in [5.74, 6) is -0.0358. The number of fused-ring (bicyclic) bond motifs is 1. The van der Waals surface area contributed by atoms with Crippen LogP contribution in [0.15, 0.2) is 35.4 Å². The zero-order chi connectivity index (χ0) is 15.9. The Labute approximate surface area is 129 Å². The van der Waals surface area contributed by atoms with Crippen LogP contribution in [0.3, 0.4) is 0 Å². The van der Waals surface area contributed by atoms with Crippen LogP contribution in [0.25, 0.3) is 10.9 Å². The third-order valence-corrected chi connectivity index (χ3v) is 3.36. The molecule has 22 heavy (non-hydrogen) atoms. The van der Waals surface area contributed by atoms with Crippen LogP contribution in [-0.2, 0) is 16.1 Å². The molecule has 1 heterocycles. The van der Waals surface area contributed by atoms with E-state index >= 15 is 0 Å². The van der Waals surface area contributed by atoms with Crippen LogP contribution in [0.4, 0.5) is 0 Å². The monoisotopic (exact) mass is 303 g/mol. The maximum absolute atomic E-state index is 12.3. The molecule has 2 aromatic rings. The van der Waals surface area contributed by atoms with Gasteiger partial charge in [-0.05, 0) is 25.5 Å². The number of nitrogens with zero attached hydrogens (tertiary/aromatic N) is 2. The van der Waals surface area contributed by atoms with E-state index in [1.54, 1.807) is 17.7 Å². The van der Waals surface area contributed by atoms with Crippen molar-refractivity contribution in [1.82, 2.24) is 14.9 Å². The number of aromatic nitrogens is 2. The highest BCUT2D eigenvalue weighted by molar-refractivity contribution is 5.77. The Hall–Kier alpha value is -2.21. The number of methoxy groups -OCH3 is 1. The van der Waals surface area contributed by atoms with Gasteiger partial charge in [0.1, 0.15) is 0 Å². The van der Waals surface area contributed by atoms with Gasteiger partial charge in [-0.1, -0.05) is 12.1 Å². The Morgan fingerprint density at radius 1 is 1.41 bits per heavy atom. The Balaban J connectivity index is 1.91. The number of aryl methyl sites for hydroxylation is 1. The number of carbonyl (C=O) groups excluding carboxylic acids is 1. The zero-order valence-electron chi connectivity index (χ0n) is 12.9. The smallest absolute Gasteiger partial charge is 0.261 e. The lowest BCUT2D eigenvalue weighted by molar-refractivity contribution is -0.122. The summed E-state index contributed by atoms with van der Waals surface area (Å²) < 4.78 is 6.52. The second-order valence-corrected chi connectivity index (χ2v) is 5.29. The number of benzene rings is 1. The summed E-state index contributed by atoms with van der Waals surface area (Å²) in [5.41, 5.74) is 0.619. The van der Waals surface area contributed by atoms with E-state index in [-0.39, 0.29) is 17.5 Å². The largest absolute Gasteiger partial charge is 0.383 e. The average Bonchev–Trinajstić information content (AvgIpc) is 2.50. The Bertz CT molecular complexity index is 696. The highest BCUT2D eigenvalue weighted by atomic mass is 16.5. The van der Waals surface area contributed by atoms with Crippen molar-refractivity contribution in [3.05, 3.63) is 40.9 Å². The minimum absolute atomic E-state index is 0.0115. The number of ether oxygens (including phenoxy) is 1. The molecule has 0 bridgehead atoms. The molecule has 0 radical (unpaired) electrons. The third-order valence-electron chi connectivity index (χ3n) is 3.36. The van der Waals surface area contributed by atoms with Crippen LogP contribution in [0.1, 0.15) is 19.8 Å². The van der Waals surface area contributed by atoms with Crippen LogP contribution in [-0.4, -0.2) is 35.2 Å². The van der Waals surface area contributed by atoms with Crippen molar-refractivity contribution >= 4 is 16.8 Å². The maximum Gasteiger partial charge on any atom is 0.261 e. The van der Waals surface area contributed by atoms with Crippen LogP contribution < -0.4 is 10.9 Å². The Morgan fingerprint density at radius 3 is 2.95 bits per heavy atom. The van der Waals surface area contributed by atoms with Crippen LogP contribution in [0.5, 0.6) is 0 Å². The molecule has 2 rings (SSSR count). The summed E-state index contributed by atoms with van der Waals surface area (Å²) in [7, 11) is 1.60. The van der Waals surface area contributed by atoms with Crippen molar-refractivity contribution in [1.29, 1.82) is 0 Å². The van der Waals surface area contributed by atoms with Gasteiger partial charge in [0.2, 0.25) is 5.91 Å². The molecule has 0 saturated carbocycles. The second kappa shape index (κ2) is 7.70. The van der Waals surface area contributed by atoms with E-state index in [1.807, 2.05) is 25.1 Å². The molecule has 0 saturated heterocycles. The predicted molar refractivity (Wildman–Crippen MR) is 84.7 cm³/mol. The summed E-state index contributed by atoms with van der Waals surface area (Å²) in [4.78, 5) is 28.3. The molecule has 0 unspecified atom stereocenters. The van der Waals surface area contributed by atoms with Gasteiger partial charge in [-0.2, -0.15) is 0 Å². The van der Waals surface area contributed by atoms with Gasteiger partial charge in [0.05, 0.1) is 23.8 Å². The van der Waals surface area contributed by atoms with Gasteiger partial charge in [0.25, 0.3) is 5.56 Å². The summed E-state index contributed by atoms with van der Waals surface area (Å²) in [6.07, 6.45) is 2.49. The fraction of sp³-hybridized carbons (Fsp3) is 0.438. The number of hydrogen-bond donors (Lipinski definition) is 1. The lowest BCUT2D eigenvalue weighted by atomic mass is 10.2. The molecule has 1 amide bonds. The highest BCUT2D eigenvalue weighted by Crippen LogP contribution is 2.05. The second-order valence-electron chi connectivity index (χ2n) is 5.29. The molecule has 6 heteroatoms. The fourth-order valence-corrected chi connectivity index (χ4v) is 2.31. The molecule has 0 aliphatic heterocycles. The van der Waals surface area contributed by atoms with Gasteiger partial charge in [-0.25, -0.2) is 4.98 Å². The first kappa shape index (κ1) is 16.2. The molecule has 1 aromatic heterocycles. The van der Waals surface area contributed by atoms with Gasteiger partial charge in [-0.15, -0.1) is 0 Å². The first-order valence-corrected chi connectivity index (χ1v) is 7.34.